The number of aryl methyl sites for hydroxylation is 2. The predicted molar refractivity (Wildman–Crippen MR) is 121 cm³/mol. The molecule has 1 fully saturated rings. The highest BCUT2D eigenvalue weighted by Gasteiger charge is 2.30. The van der Waals surface area contributed by atoms with Crippen molar-refractivity contribution in [2.75, 3.05) is 38.2 Å². The standard InChI is InChI=1S/C23H26N4O3S/c1-17-4-9-22(18(2)14-17)31(28,29)27-12-10-26(11-13-27)23-15-21(24-16-25-23)19-5-7-20(30-3)8-6-19/h4-9,14-16H,10-13H2,1-3H3. The Kier molecular flexibility index (Phi) is 5.93. The summed E-state index contributed by atoms with van der Waals surface area (Å²) in [6.07, 6.45) is 1.55. The molecule has 1 saturated heterocycles. The molecule has 2 heterocycles. The average molecular weight is 439 g/mol. The van der Waals surface area contributed by atoms with E-state index in [1.54, 1.807) is 23.8 Å². The predicted octanol–water partition coefficient (Wildman–Crippen LogP) is 3.28. The van der Waals surface area contributed by atoms with Crippen LogP contribution in [0.3, 0.4) is 0 Å². The number of anilines is 1. The molecule has 1 aliphatic rings. The maximum atomic E-state index is 13.1. The highest BCUT2D eigenvalue weighted by molar-refractivity contribution is 7.89. The normalized spacial score (nSPS) is 15.1. The fourth-order valence-corrected chi connectivity index (χ4v) is 5.45. The van der Waals surface area contributed by atoms with Crippen molar-refractivity contribution in [3.8, 4) is 17.0 Å². The summed E-state index contributed by atoms with van der Waals surface area (Å²) in [4.78, 5) is 11.3. The van der Waals surface area contributed by atoms with Crippen LogP contribution in [0.15, 0.2) is 59.8 Å². The molecule has 0 bridgehead atoms. The van der Waals surface area contributed by atoms with Gasteiger partial charge in [0.15, 0.2) is 0 Å². The number of hydrogen-bond acceptors (Lipinski definition) is 6. The Morgan fingerprint density at radius 2 is 1.61 bits per heavy atom. The summed E-state index contributed by atoms with van der Waals surface area (Å²) in [6, 6.07) is 15.1. The number of aromatic nitrogens is 2. The highest BCUT2D eigenvalue weighted by atomic mass is 32.2. The molecule has 8 heteroatoms. The van der Waals surface area contributed by atoms with Crippen LogP contribution in [0.4, 0.5) is 5.82 Å². The van der Waals surface area contributed by atoms with Crippen molar-refractivity contribution in [1.82, 2.24) is 14.3 Å². The molecule has 0 atom stereocenters. The first-order valence-electron chi connectivity index (χ1n) is 10.2. The third-order valence-corrected chi connectivity index (χ3v) is 7.61. The Hall–Kier alpha value is -2.97. The Balaban J connectivity index is 1.48. The summed E-state index contributed by atoms with van der Waals surface area (Å²) in [7, 11) is -1.87. The number of benzene rings is 2. The van der Waals surface area contributed by atoms with Crippen molar-refractivity contribution >= 4 is 15.8 Å². The number of hydrogen-bond donors (Lipinski definition) is 0. The van der Waals surface area contributed by atoms with Gasteiger partial charge in [0.25, 0.3) is 0 Å². The Bertz CT molecular complexity index is 1170. The highest BCUT2D eigenvalue weighted by Crippen LogP contribution is 2.26. The van der Waals surface area contributed by atoms with E-state index in [-0.39, 0.29) is 0 Å². The molecule has 162 valence electrons. The molecule has 2 aromatic carbocycles. The van der Waals surface area contributed by atoms with Crippen LogP contribution in [0.5, 0.6) is 5.75 Å². The molecule has 1 aliphatic heterocycles. The number of rotatable bonds is 5. The summed E-state index contributed by atoms with van der Waals surface area (Å²) < 4.78 is 33.0. The van der Waals surface area contributed by atoms with Crippen LogP contribution in [0.2, 0.25) is 0 Å². The molecule has 4 rings (SSSR count). The van der Waals surface area contributed by atoms with Gasteiger partial charge in [-0.3, -0.25) is 0 Å². The summed E-state index contributed by atoms with van der Waals surface area (Å²) in [5.41, 5.74) is 3.62. The molecule has 1 aromatic heterocycles. The minimum absolute atomic E-state index is 0.385. The lowest BCUT2D eigenvalue weighted by molar-refractivity contribution is 0.383. The first kappa shape index (κ1) is 21.3. The summed E-state index contributed by atoms with van der Waals surface area (Å²) in [5, 5.41) is 0. The van der Waals surface area contributed by atoms with Crippen LogP contribution >= 0.6 is 0 Å². The summed E-state index contributed by atoms with van der Waals surface area (Å²) in [6.45, 7) is 5.78. The molecule has 7 nitrogen and oxygen atoms in total. The number of methoxy groups -OCH3 is 1. The van der Waals surface area contributed by atoms with Gasteiger partial charge in [-0.15, -0.1) is 0 Å². The van der Waals surface area contributed by atoms with Crippen molar-refractivity contribution in [2.24, 2.45) is 0 Å². The van der Waals surface area contributed by atoms with Crippen molar-refractivity contribution < 1.29 is 13.2 Å². The van der Waals surface area contributed by atoms with Gasteiger partial charge in [-0.2, -0.15) is 4.31 Å². The van der Waals surface area contributed by atoms with Gasteiger partial charge in [0.2, 0.25) is 10.0 Å². The van der Waals surface area contributed by atoms with Gasteiger partial charge in [-0.05, 0) is 49.7 Å². The van der Waals surface area contributed by atoms with E-state index in [9.17, 15) is 8.42 Å². The molecule has 0 amide bonds. The molecule has 0 radical (unpaired) electrons. The zero-order chi connectivity index (χ0) is 22.0. The SMILES string of the molecule is COc1ccc(-c2cc(N3CCN(S(=O)(=O)c4ccc(C)cc4C)CC3)ncn2)cc1. The molecule has 0 unspecified atom stereocenters. The lowest BCUT2D eigenvalue weighted by atomic mass is 10.1. The van der Waals surface area contributed by atoms with Crippen molar-refractivity contribution in [1.29, 1.82) is 0 Å². The quantitative estimate of drug-likeness (QED) is 0.609. The molecular formula is C23H26N4O3S. The van der Waals surface area contributed by atoms with Crippen LogP contribution in [0.1, 0.15) is 11.1 Å². The van der Waals surface area contributed by atoms with Crippen LogP contribution in [-0.2, 0) is 10.0 Å². The smallest absolute Gasteiger partial charge is 0.243 e. The van der Waals surface area contributed by atoms with E-state index in [0.717, 1.165) is 34.0 Å². The largest absolute Gasteiger partial charge is 0.497 e. The van der Waals surface area contributed by atoms with E-state index in [0.29, 0.717) is 31.1 Å². The second kappa shape index (κ2) is 8.64. The second-order valence-electron chi connectivity index (χ2n) is 7.65. The third-order valence-electron chi connectivity index (χ3n) is 5.55. The van der Waals surface area contributed by atoms with Crippen LogP contribution in [0.25, 0.3) is 11.3 Å². The van der Waals surface area contributed by atoms with Crippen LogP contribution in [-0.4, -0.2) is 56.0 Å². The van der Waals surface area contributed by atoms with Crippen molar-refractivity contribution in [3.63, 3.8) is 0 Å². The van der Waals surface area contributed by atoms with E-state index < -0.39 is 10.0 Å². The van der Waals surface area contributed by atoms with E-state index in [1.807, 2.05) is 56.3 Å². The van der Waals surface area contributed by atoms with E-state index >= 15 is 0 Å². The average Bonchev–Trinajstić information content (AvgIpc) is 2.79. The van der Waals surface area contributed by atoms with Crippen molar-refractivity contribution in [2.45, 2.75) is 18.7 Å². The molecule has 3 aromatic rings. The molecular weight excluding hydrogens is 412 g/mol. The summed E-state index contributed by atoms with van der Waals surface area (Å²) in [5.74, 6) is 1.59. The van der Waals surface area contributed by atoms with Gasteiger partial charge >= 0.3 is 0 Å². The minimum Gasteiger partial charge on any atom is -0.497 e. The maximum absolute atomic E-state index is 13.1. The van der Waals surface area contributed by atoms with E-state index in [2.05, 4.69) is 14.9 Å². The zero-order valence-electron chi connectivity index (χ0n) is 17.9. The fourth-order valence-electron chi connectivity index (χ4n) is 3.83. The van der Waals surface area contributed by atoms with Gasteiger partial charge in [-0.25, -0.2) is 18.4 Å². The lowest BCUT2D eigenvalue weighted by Gasteiger charge is -2.35. The molecule has 0 spiro atoms. The number of sulfonamides is 1. The molecule has 0 N–H and O–H groups in total. The van der Waals surface area contributed by atoms with Gasteiger partial charge in [0.05, 0.1) is 17.7 Å². The van der Waals surface area contributed by atoms with Gasteiger partial charge in [0.1, 0.15) is 17.9 Å². The van der Waals surface area contributed by atoms with E-state index in [1.165, 1.54) is 0 Å². The monoisotopic (exact) mass is 438 g/mol. The zero-order valence-corrected chi connectivity index (χ0v) is 18.8. The minimum atomic E-state index is -3.51. The second-order valence-corrected chi connectivity index (χ2v) is 9.56. The van der Waals surface area contributed by atoms with Crippen LogP contribution in [0, 0.1) is 13.8 Å². The molecule has 31 heavy (non-hydrogen) atoms. The molecule has 0 saturated carbocycles. The topological polar surface area (TPSA) is 75.6 Å². The first-order chi connectivity index (χ1) is 14.9. The van der Waals surface area contributed by atoms with Crippen LogP contribution < -0.4 is 9.64 Å². The van der Waals surface area contributed by atoms with Crippen molar-refractivity contribution in [3.05, 3.63) is 66.0 Å². The number of ether oxygens (including phenoxy) is 1. The Morgan fingerprint density at radius 1 is 0.903 bits per heavy atom. The third kappa shape index (κ3) is 4.40. The summed E-state index contributed by atoms with van der Waals surface area (Å²) >= 11 is 0. The Labute approximate surface area is 183 Å². The Morgan fingerprint density at radius 3 is 2.26 bits per heavy atom. The molecule has 0 aliphatic carbocycles. The maximum Gasteiger partial charge on any atom is 0.243 e. The van der Waals surface area contributed by atoms with Gasteiger partial charge < -0.3 is 9.64 Å². The fraction of sp³-hybridized carbons (Fsp3) is 0.304. The van der Waals surface area contributed by atoms with Gasteiger partial charge in [0, 0.05) is 37.8 Å². The van der Waals surface area contributed by atoms with Gasteiger partial charge in [-0.1, -0.05) is 17.7 Å². The number of piperazine rings is 1. The number of nitrogens with zero attached hydrogens (tertiary/aromatic N) is 4. The lowest BCUT2D eigenvalue weighted by Crippen LogP contribution is -2.49. The first-order valence-corrected chi connectivity index (χ1v) is 11.6. The van der Waals surface area contributed by atoms with E-state index in [4.69, 9.17) is 4.74 Å².